The Morgan fingerprint density at radius 2 is 1.56 bits per heavy atom. The summed E-state index contributed by atoms with van der Waals surface area (Å²) in [7, 11) is -2.61. The van der Waals surface area contributed by atoms with Crippen LogP contribution >= 0.6 is 0 Å². The summed E-state index contributed by atoms with van der Waals surface area (Å²) in [5.41, 5.74) is 2.38. The van der Waals surface area contributed by atoms with Crippen molar-refractivity contribution in [2.24, 2.45) is 4.36 Å². The predicted molar refractivity (Wildman–Crippen MR) is 157 cm³/mol. The highest BCUT2D eigenvalue weighted by Crippen LogP contribution is 2.25. The molecule has 3 aromatic rings. The van der Waals surface area contributed by atoms with E-state index in [0.717, 1.165) is 56.3 Å². The van der Waals surface area contributed by atoms with Gasteiger partial charge in [0.05, 0.1) is 15.4 Å². The zero-order valence-electron chi connectivity index (χ0n) is 23.9. The number of carbonyl (C=O) groups excluding carboxylic acids is 1. The summed E-state index contributed by atoms with van der Waals surface area (Å²) in [5.74, 6) is 1.25. The molecule has 0 atom stereocenters. The number of rotatable bonds is 8. The molecule has 2 aliphatic rings. The summed E-state index contributed by atoms with van der Waals surface area (Å²) in [6, 6.07) is 16.9. The number of ether oxygens (including phenoxy) is 2. The number of hydrogen-bond acceptors (Lipinski definition) is 8. The Kier molecular flexibility index (Phi) is 9.57. The minimum atomic E-state index is -4.73. The van der Waals surface area contributed by atoms with Crippen LogP contribution in [0.1, 0.15) is 11.3 Å². The Morgan fingerprint density at radius 1 is 0.930 bits per heavy atom. The van der Waals surface area contributed by atoms with Crippen LogP contribution in [0, 0.1) is 6.92 Å². The van der Waals surface area contributed by atoms with Crippen molar-refractivity contribution in [2.45, 2.75) is 19.9 Å². The SMILES string of the molecule is Cc1cc(N2CCN(CCN3CCS(=O)(=NC(=O)OCc4ccccc4)CC3)CC2)nn1-c1ccc(OC(F)(F)F)cc1. The normalized spacial score (nSPS) is 17.9. The summed E-state index contributed by atoms with van der Waals surface area (Å²) >= 11 is 0. The number of halogens is 3. The molecule has 0 aliphatic carbocycles. The van der Waals surface area contributed by atoms with Gasteiger partial charge < -0.3 is 19.3 Å². The van der Waals surface area contributed by atoms with E-state index in [2.05, 4.69) is 23.8 Å². The fourth-order valence-corrected chi connectivity index (χ4v) is 6.90. The van der Waals surface area contributed by atoms with Gasteiger partial charge in [-0.25, -0.2) is 13.7 Å². The van der Waals surface area contributed by atoms with Crippen LogP contribution in [0.5, 0.6) is 5.75 Å². The summed E-state index contributed by atoms with van der Waals surface area (Å²) in [6.07, 6.45) is -5.50. The van der Waals surface area contributed by atoms with E-state index in [4.69, 9.17) is 9.84 Å². The van der Waals surface area contributed by atoms with Gasteiger partial charge in [-0.05, 0) is 36.8 Å². The maximum Gasteiger partial charge on any atom is 0.573 e. The first-order chi connectivity index (χ1) is 20.6. The molecule has 3 heterocycles. The lowest BCUT2D eigenvalue weighted by molar-refractivity contribution is -0.274. The first kappa shape index (κ1) is 30.8. The van der Waals surface area contributed by atoms with Gasteiger partial charge >= 0.3 is 12.5 Å². The molecule has 232 valence electrons. The van der Waals surface area contributed by atoms with Crippen LogP contribution in [0.2, 0.25) is 0 Å². The Bertz CT molecular complexity index is 1480. The first-order valence-corrected chi connectivity index (χ1v) is 16.0. The minimum Gasteiger partial charge on any atom is -0.443 e. The third-order valence-electron chi connectivity index (χ3n) is 7.52. The summed E-state index contributed by atoms with van der Waals surface area (Å²) < 4.78 is 65.2. The molecule has 10 nitrogen and oxygen atoms in total. The fraction of sp³-hybridized carbons (Fsp3) is 0.448. The molecular weight excluding hydrogens is 585 g/mol. The largest absolute Gasteiger partial charge is 0.573 e. The average molecular weight is 621 g/mol. The van der Waals surface area contributed by atoms with E-state index in [0.29, 0.717) is 30.3 Å². The molecule has 2 aliphatic heterocycles. The third kappa shape index (κ3) is 8.71. The molecule has 2 fully saturated rings. The van der Waals surface area contributed by atoms with E-state index in [-0.39, 0.29) is 12.4 Å². The highest BCUT2D eigenvalue weighted by Gasteiger charge is 2.31. The van der Waals surface area contributed by atoms with Gasteiger partial charge in [0.25, 0.3) is 0 Å². The number of hydrogen-bond donors (Lipinski definition) is 0. The lowest BCUT2D eigenvalue weighted by Crippen LogP contribution is -2.50. The van der Waals surface area contributed by atoms with Crippen molar-refractivity contribution >= 4 is 21.6 Å². The van der Waals surface area contributed by atoms with Gasteiger partial charge in [-0.15, -0.1) is 17.5 Å². The second kappa shape index (κ2) is 13.3. The number of piperazine rings is 1. The Labute approximate surface area is 249 Å². The van der Waals surface area contributed by atoms with Crippen LogP contribution in [0.3, 0.4) is 0 Å². The fourth-order valence-electron chi connectivity index (χ4n) is 5.10. The second-order valence-corrected chi connectivity index (χ2v) is 13.1. The number of nitrogens with zero attached hydrogens (tertiary/aromatic N) is 6. The van der Waals surface area contributed by atoms with Crippen LogP contribution in [-0.2, 0) is 21.1 Å². The zero-order valence-corrected chi connectivity index (χ0v) is 24.7. The van der Waals surface area contributed by atoms with E-state index >= 15 is 0 Å². The number of alkyl halides is 3. The topological polar surface area (TPSA) is 92.5 Å². The van der Waals surface area contributed by atoms with Gasteiger partial charge in [0.1, 0.15) is 12.4 Å². The van der Waals surface area contributed by atoms with Crippen molar-refractivity contribution in [3.05, 3.63) is 71.9 Å². The molecule has 14 heteroatoms. The molecule has 0 bridgehead atoms. The second-order valence-electron chi connectivity index (χ2n) is 10.6. The first-order valence-electron chi connectivity index (χ1n) is 14.1. The van der Waals surface area contributed by atoms with Crippen LogP contribution < -0.4 is 9.64 Å². The number of benzene rings is 2. The van der Waals surface area contributed by atoms with E-state index in [1.165, 1.54) is 12.1 Å². The third-order valence-corrected chi connectivity index (χ3v) is 9.64. The molecule has 5 rings (SSSR count). The highest BCUT2D eigenvalue weighted by molar-refractivity contribution is 7.93. The molecule has 0 spiro atoms. The molecule has 2 saturated heterocycles. The maximum atomic E-state index is 13.1. The average Bonchev–Trinajstić information content (AvgIpc) is 3.37. The lowest BCUT2D eigenvalue weighted by Gasteiger charge is -2.36. The van der Waals surface area contributed by atoms with E-state index in [1.807, 2.05) is 43.3 Å². The van der Waals surface area contributed by atoms with Crippen LogP contribution in [-0.4, -0.2) is 100 Å². The molecule has 2 aromatic carbocycles. The summed E-state index contributed by atoms with van der Waals surface area (Å²) in [4.78, 5) is 19.0. The highest BCUT2D eigenvalue weighted by atomic mass is 32.2. The monoisotopic (exact) mass is 620 g/mol. The maximum absolute atomic E-state index is 13.1. The molecule has 43 heavy (non-hydrogen) atoms. The predicted octanol–water partition coefficient (Wildman–Crippen LogP) is 4.32. The Morgan fingerprint density at radius 3 is 2.19 bits per heavy atom. The van der Waals surface area contributed by atoms with Crippen LogP contribution in [0.4, 0.5) is 23.8 Å². The van der Waals surface area contributed by atoms with Crippen molar-refractivity contribution in [1.82, 2.24) is 19.6 Å². The standard InChI is InChI=1S/C29H35F3N6O4S/c1-23-21-27(33-38(23)25-7-9-26(10-8-25)42-29(30,31)32)37-15-13-35(14-16-37)11-12-36-17-19-43(40,20-18-36)34-28(39)41-22-24-5-3-2-4-6-24/h2-10,21H,11-20,22H2,1H3. The number of amides is 1. The molecular formula is C29H35F3N6O4S. The molecule has 0 N–H and O–H groups in total. The molecule has 0 unspecified atom stereocenters. The molecule has 0 saturated carbocycles. The Balaban J connectivity index is 1.04. The van der Waals surface area contributed by atoms with E-state index < -0.39 is 22.2 Å². The van der Waals surface area contributed by atoms with Crippen molar-refractivity contribution in [3.8, 4) is 11.4 Å². The van der Waals surface area contributed by atoms with Gasteiger partial charge in [0.15, 0.2) is 5.82 Å². The smallest absolute Gasteiger partial charge is 0.443 e. The molecule has 1 aromatic heterocycles. The van der Waals surface area contributed by atoms with Gasteiger partial charge in [0.2, 0.25) is 0 Å². The van der Waals surface area contributed by atoms with Crippen LogP contribution in [0.25, 0.3) is 5.69 Å². The number of aromatic nitrogens is 2. The van der Waals surface area contributed by atoms with E-state index in [1.54, 1.807) is 16.8 Å². The Hall–Kier alpha value is -3.62. The van der Waals surface area contributed by atoms with Gasteiger partial charge in [0, 0.05) is 75.6 Å². The summed E-state index contributed by atoms with van der Waals surface area (Å²) in [6.45, 7) is 8.30. The molecule has 1 amide bonds. The number of anilines is 1. The summed E-state index contributed by atoms with van der Waals surface area (Å²) in [5, 5.41) is 4.70. The number of carbonyl (C=O) groups is 1. The van der Waals surface area contributed by atoms with Crippen molar-refractivity contribution in [2.75, 3.05) is 68.8 Å². The van der Waals surface area contributed by atoms with Gasteiger partial charge in [-0.1, -0.05) is 30.3 Å². The lowest BCUT2D eigenvalue weighted by atomic mass is 10.2. The van der Waals surface area contributed by atoms with Gasteiger partial charge in [-0.2, -0.15) is 5.10 Å². The van der Waals surface area contributed by atoms with Crippen molar-refractivity contribution < 1.29 is 31.6 Å². The van der Waals surface area contributed by atoms with Gasteiger partial charge in [-0.3, -0.25) is 4.90 Å². The number of aryl methyl sites for hydroxylation is 1. The van der Waals surface area contributed by atoms with Crippen LogP contribution in [0.15, 0.2) is 65.0 Å². The minimum absolute atomic E-state index is 0.109. The zero-order chi connectivity index (χ0) is 30.5. The van der Waals surface area contributed by atoms with Crippen molar-refractivity contribution in [1.29, 1.82) is 0 Å². The quantitative estimate of drug-likeness (QED) is 0.368. The van der Waals surface area contributed by atoms with Crippen molar-refractivity contribution in [3.63, 3.8) is 0 Å². The molecule has 0 radical (unpaired) electrons. The van der Waals surface area contributed by atoms with E-state index in [9.17, 15) is 22.2 Å².